The van der Waals surface area contributed by atoms with E-state index in [1.165, 1.54) is 4.31 Å². The van der Waals surface area contributed by atoms with Crippen LogP contribution in [0.25, 0.3) is 0 Å². The summed E-state index contributed by atoms with van der Waals surface area (Å²) in [5, 5.41) is 3.02. The van der Waals surface area contributed by atoms with Crippen molar-refractivity contribution in [2.45, 2.75) is 25.3 Å². The lowest BCUT2D eigenvalue weighted by Crippen LogP contribution is -2.29. The van der Waals surface area contributed by atoms with Crippen LogP contribution >= 0.6 is 0 Å². The highest BCUT2D eigenvalue weighted by atomic mass is 32.2. The molecule has 1 N–H and O–H groups in total. The lowest BCUT2D eigenvalue weighted by atomic mass is 10.1. The van der Waals surface area contributed by atoms with E-state index < -0.39 is 10.0 Å². The van der Waals surface area contributed by atoms with E-state index >= 15 is 0 Å². The maximum absolute atomic E-state index is 12.5. The van der Waals surface area contributed by atoms with Gasteiger partial charge in [-0.3, -0.25) is 0 Å². The average molecular weight is 282 g/mol. The number of hydrogen-bond donors (Lipinski definition) is 1. The molecule has 19 heavy (non-hydrogen) atoms. The van der Waals surface area contributed by atoms with Crippen LogP contribution in [-0.2, 0) is 16.6 Å². The number of rotatable bonds is 6. The van der Waals surface area contributed by atoms with Crippen molar-refractivity contribution >= 4 is 10.0 Å². The lowest BCUT2D eigenvalue weighted by molar-refractivity contribution is 0.492. The molecule has 0 radical (unpaired) electrons. The van der Waals surface area contributed by atoms with Gasteiger partial charge in [0.05, 0.1) is 4.90 Å². The molecule has 1 rings (SSSR count). The maximum Gasteiger partial charge on any atom is 0.243 e. The fourth-order valence-corrected chi connectivity index (χ4v) is 3.37. The van der Waals surface area contributed by atoms with Gasteiger partial charge in [0, 0.05) is 20.1 Å². The van der Waals surface area contributed by atoms with Gasteiger partial charge < -0.3 is 5.32 Å². The van der Waals surface area contributed by atoms with Gasteiger partial charge >= 0.3 is 0 Å². The largest absolute Gasteiger partial charge is 0.316 e. The van der Waals surface area contributed by atoms with Crippen LogP contribution in [-0.4, -0.2) is 33.4 Å². The average Bonchev–Trinajstić information content (AvgIpc) is 2.30. The first-order valence-electron chi connectivity index (χ1n) is 6.14. The van der Waals surface area contributed by atoms with Crippen molar-refractivity contribution in [3.8, 4) is 0 Å². The smallest absolute Gasteiger partial charge is 0.243 e. The quantitative estimate of drug-likeness (QED) is 0.811. The second-order valence-electron chi connectivity index (χ2n) is 4.85. The summed E-state index contributed by atoms with van der Waals surface area (Å²) in [6, 6.07) is 5.51. The first kappa shape index (κ1) is 15.9. The zero-order chi connectivity index (χ0) is 14.6. The van der Waals surface area contributed by atoms with Gasteiger partial charge in [-0.25, -0.2) is 8.42 Å². The Morgan fingerprint density at radius 2 is 2.05 bits per heavy atom. The normalized spacial score (nSPS) is 11.8. The number of sulfonamides is 1. The second-order valence-corrected chi connectivity index (χ2v) is 6.86. The van der Waals surface area contributed by atoms with E-state index in [9.17, 15) is 8.42 Å². The number of nitrogens with zero attached hydrogens (tertiary/aromatic N) is 1. The molecule has 0 saturated carbocycles. The Balaban J connectivity index is 3.19. The first-order valence-corrected chi connectivity index (χ1v) is 7.58. The van der Waals surface area contributed by atoms with E-state index in [1.807, 2.05) is 33.0 Å². The summed E-state index contributed by atoms with van der Waals surface area (Å²) >= 11 is 0. The lowest BCUT2D eigenvalue weighted by Gasteiger charge is -2.19. The summed E-state index contributed by atoms with van der Waals surface area (Å²) in [6.07, 6.45) is 0. The molecule has 1 aromatic carbocycles. The molecular weight excluding hydrogens is 260 g/mol. The molecule has 5 heteroatoms. The molecular formula is C14H22N2O2S. The van der Waals surface area contributed by atoms with Gasteiger partial charge in [0.1, 0.15) is 0 Å². The molecule has 0 aliphatic carbocycles. The minimum atomic E-state index is -3.46. The Hall–Kier alpha value is -1.17. The monoisotopic (exact) mass is 282 g/mol. The predicted molar refractivity (Wildman–Crippen MR) is 78.6 cm³/mol. The zero-order valence-electron chi connectivity index (χ0n) is 12.0. The number of hydrogen-bond acceptors (Lipinski definition) is 3. The van der Waals surface area contributed by atoms with Crippen molar-refractivity contribution in [1.82, 2.24) is 9.62 Å². The highest BCUT2D eigenvalue weighted by Gasteiger charge is 2.22. The molecule has 0 bridgehead atoms. The van der Waals surface area contributed by atoms with Crippen LogP contribution in [0, 0.1) is 6.92 Å². The molecule has 0 atom stereocenters. The van der Waals surface area contributed by atoms with E-state index in [2.05, 4.69) is 11.9 Å². The molecule has 0 saturated heterocycles. The maximum atomic E-state index is 12.5. The summed E-state index contributed by atoms with van der Waals surface area (Å²) in [5.41, 5.74) is 2.53. The Labute approximate surface area is 116 Å². The molecule has 0 aliphatic rings. The minimum Gasteiger partial charge on any atom is -0.316 e. The Kier molecular flexibility index (Phi) is 5.29. The highest BCUT2D eigenvalue weighted by molar-refractivity contribution is 7.89. The summed E-state index contributed by atoms with van der Waals surface area (Å²) in [5.74, 6) is 0. The van der Waals surface area contributed by atoms with Crippen molar-refractivity contribution < 1.29 is 8.42 Å². The van der Waals surface area contributed by atoms with Crippen LogP contribution in [0.2, 0.25) is 0 Å². The van der Waals surface area contributed by atoms with Crippen molar-refractivity contribution in [2.75, 3.05) is 20.6 Å². The van der Waals surface area contributed by atoms with Crippen molar-refractivity contribution in [3.63, 3.8) is 0 Å². The van der Waals surface area contributed by atoms with Crippen LogP contribution in [0.1, 0.15) is 18.1 Å². The van der Waals surface area contributed by atoms with Gasteiger partial charge in [-0.1, -0.05) is 24.3 Å². The molecule has 0 heterocycles. The third-order valence-electron chi connectivity index (χ3n) is 2.81. The molecule has 106 valence electrons. The summed E-state index contributed by atoms with van der Waals surface area (Å²) in [4.78, 5) is 0.365. The van der Waals surface area contributed by atoms with E-state index in [0.717, 1.165) is 16.7 Å². The SMILES string of the molecule is C=C(C)CN(C)S(=O)(=O)c1cc(CNC)ccc1C. The van der Waals surface area contributed by atoms with Crippen LogP contribution in [0.4, 0.5) is 0 Å². The van der Waals surface area contributed by atoms with Crippen LogP contribution < -0.4 is 5.32 Å². The second kappa shape index (κ2) is 6.32. The van der Waals surface area contributed by atoms with E-state index in [4.69, 9.17) is 0 Å². The van der Waals surface area contributed by atoms with Crippen molar-refractivity contribution in [2.24, 2.45) is 0 Å². The zero-order valence-corrected chi connectivity index (χ0v) is 12.8. The van der Waals surface area contributed by atoms with E-state index in [0.29, 0.717) is 18.0 Å². The fourth-order valence-electron chi connectivity index (χ4n) is 1.87. The number of nitrogens with one attached hydrogen (secondary N) is 1. The Bertz CT molecular complexity index is 565. The van der Waals surface area contributed by atoms with Gasteiger partial charge in [-0.15, -0.1) is 0 Å². The topological polar surface area (TPSA) is 49.4 Å². The fraction of sp³-hybridized carbons (Fsp3) is 0.429. The molecule has 0 fully saturated rings. The number of likely N-dealkylation sites (N-methyl/N-ethyl adjacent to an activating group) is 1. The predicted octanol–water partition coefficient (Wildman–Crippen LogP) is 1.91. The Morgan fingerprint density at radius 1 is 1.42 bits per heavy atom. The third-order valence-corrected chi connectivity index (χ3v) is 4.76. The molecule has 1 aromatic rings. The third kappa shape index (κ3) is 3.89. The molecule has 0 amide bonds. The molecule has 0 aromatic heterocycles. The molecule has 0 unspecified atom stereocenters. The first-order chi connectivity index (χ1) is 8.78. The number of aryl methyl sites for hydroxylation is 1. The van der Waals surface area contributed by atoms with Crippen molar-refractivity contribution in [3.05, 3.63) is 41.5 Å². The van der Waals surface area contributed by atoms with Crippen molar-refractivity contribution in [1.29, 1.82) is 0 Å². The van der Waals surface area contributed by atoms with Gasteiger partial charge in [-0.2, -0.15) is 4.31 Å². The Morgan fingerprint density at radius 3 is 2.58 bits per heavy atom. The van der Waals surface area contributed by atoms with E-state index in [1.54, 1.807) is 13.1 Å². The minimum absolute atomic E-state index is 0.331. The molecule has 0 spiro atoms. The number of benzene rings is 1. The van der Waals surface area contributed by atoms with Crippen LogP contribution in [0.15, 0.2) is 35.2 Å². The molecule has 0 aliphatic heterocycles. The van der Waals surface area contributed by atoms with Gasteiger partial charge in [0.15, 0.2) is 0 Å². The van der Waals surface area contributed by atoms with Gasteiger partial charge in [0.2, 0.25) is 10.0 Å². The molecule has 4 nitrogen and oxygen atoms in total. The summed E-state index contributed by atoms with van der Waals surface area (Å²) in [6.45, 7) is 8.36. The highest BCUT2D eigenvalue weighted by Crippen LogP contribution is 2.21. The standard InChI is InChI=1S/C14H22N2O2S/c1-11(2)10-16(5)19(17,18)14-8-13(9-15-4)7-6-12(14)3/h6-8,15H,1,9-10H2,2-5H3. The van der Waals surface area contributed by atoms with Gasteiger partial charge in [0.25, 0.3) is 0 Å². The van der Waals surface area contributed by atoms with Crippen LogP contribution in [0.5, 0.6) is 0 Å². The van der Waals surface area contributed by atoms with E-state index in [-0.39, 0.29) is 0 Å². The van der Waals surface area contributed by atoms with Crippen LogP contribution in [0.3, 0.4) is 0 Å². The van der Waals surface area contributed by atoms with Gasteiger partial charge in [-0.05, 0) is 38.1 Å². The summed E-state index contributed by atoms with van der Waals surface area (Å²) < 4.78 is 26.4. The summed E-state index contributed by atoms with van der Waals surface area (Å²) in [7, 11) is -0.0487.